The van der Waals surface area contributed by atoms with E-state index in [1.807, 2.05) is 0 Å². The number of halogens is 1. The number of benzene rings is 1. The summed E-state index contributed by atoms with van der Waals surface area (Å²) < 4.78 is 27.7. The standard InChI is InChI=1S/C14H21ClN2O2S/c1-17(2)14-6-4-3-5-13(14)16-20(18,19)12-9-7-11(15)8-10-12/h7-10,13-14,16H,3-6H2,1-2H3/p+1/t13-,14-/m0/s1. The Morgan fingerprint density at radius 3 is 2.35 bits per heavy atom. The van der Waals surface area contributed by atoms with Crippen molar-refractivity contribution in [3.05, 3.63) is 29.3 Å². The highest BCUT2D eigenvalue weighted by molar-refractivity contribution is 7.89. The molecule has 4 nitrogen and oxygen atoms in total. The molecule has 6 heteroatoms. The van der Waals surface area contributed by atoms with Gasteiger partial charge in [-0.2, -0.15) is 0 Å². The number of sulfonamides is 1. The van der Waals surface area contributed by atoms with Crippen molar-refractivity contribution in [1.29, 1.82) is 0 Å². The Morgan fingerprint density at radius 1 is 1.15 bits per heavy atom. The van der Waals surface area contributed by atoms with E-state index < -0.39 is 10.0 Å². The molecule has 2 N–H and O–H groups in total. The van der Waals surface area contributed by atoms with Crippen LogP contribution < -0.4 is 9.62 Å². The van der Waals surface area contributed by atoms with Crippen molar-refractivity contribution in [1.82, 2.24) is 4.72 Å². The lowest BCUT2D eigenvalue weighted by Gasteiger charge is -2.33. The molecule has 20 heavy (non-hydrogen) atoms. The SMILES string of the molecule is C[NH+](C)[C@H]1CCCC[C@@H]1NS(=O)(=O)c1ccc(Cl)cc1. The van der Waals surface area contributed by atoms with Gasteiger partial charge in [-0.15, -0.1) is 0 Å². The van der Waals surface area contributed by atoms with Crippen LogP contribution in [0.3, 0.4) is 0 Å². The highest BCUT2D eigenvalue weighted by Gasteiger charge is 2.33. The summed E-state index contributed by atoms with van der Waals surface area (Å²) in [5, 5.41) is 0.539. The first-order valence-corrected chi connectivity index (χ1v) is 8.84. The molecule has 1 aliphatic rings. The molecule has 0 saturated heterocycles. The van der Waals surface area contributed by atoms with Crippen molar-refractivity contribution >= 4 is 21.6 Å². The third-order valence-electron chi connectivity index (χ3n) is 3.94. The maximum absolute atomic E-state index is 12.4. The fourth-order valence-corrected chi connectivity index (χ4v) is 4.28. The molecule has 0 aromatic heterocycles. The summed E-state index contributed by atoms with van der Waals surface area (Å²) in [7, 11) is 0.701. The van der Waals surface area contributed by atoms with Crippen molar-refractivity contribution in [3.63, 3.8) is 0 Å². The summed E-state index contributed by atoms with van der Waals surface area (Å²) in [5.41, 5.74) is 0. The van der Waals surface area contributed by atoms with Crippen LogP contribution in [0.1, 0.15) is 25.7 Å². The number of likely N-dealkylation sites (N-methyl/N-ethyl adjacent to an activating group) is 1. The molecule has 112 valence electrons. The zero-order valence-corrected chi connectivity index (χ0v) is 13.5. The minimum atomic E-state index is -3.47. The lowest BCUT2D eigenvalue weighted by atomic mass is 9.90. The van der Waals surface area contributed by atoms with E-state index in [9.17, 15) is 8.42 Å². The van der Waals surface area contributed by atoms with Gasteiger partial charge >= 0.3 is 0 Å². The van der Waals surface area contributed by atoms with E-state index in [1.165, 1.54) is 11.3 Å². The predicted molar refractivity (Wildman–Crippen MR) is 80.6 cm³/mol. The number of hydrogen-bond donors (Lipinski definition) is 2. The first-order chi connectivity index (χ1) is 9.40. The maximum atomic E-state index is 12.4. The van der Waals surface area contributed by atoms with Crippen molar-refractivity contribution in [2.75, 3.05) is 14.1 Å². The van der Waals surface area contributed by atoms with E-state index in [2.05, 4.69) is 18.8 Å². The second kappa shape index (κ2) is 6.43. The first-order valence-electron chi connectivity index (χ1n) is 6.98. The van der Waals surface area contributed by atoms with Gasteiger partial charge < -0.3 is 4.90 Å². The normalized spacial score (nSPS) is 24.0. The molecular weight excluding hydrogens is 296 g/mol. The summed E-state index contributed by atoms with van der Waals surface area (Å²) >= 11 is 5.80. The quantitative estimate of drug-likeness (QED) is 0.873. The molecule has 0 amide bonds. The molecule has 1 aliphatic carbocycles. The van der Waals surface area contributed by atoms with Crippen molar-refractivity contribution in [2.24, 2.45) is 0 Å². The minimum Gasteiger partial charge on any atom is -0.336 e. The van der Waals surface area contributed by atoms with Crippen LogP contribution in [0.5, 0.6) is 0 Å². The Balaban J connectivity index is 2.16. The zero-order valence-electron chi connectivity index (χ0n) is 11.9. The molecule has 0 heterocycles. The molecule has 2 atom stereocenters. The van der Waals surface area contributed by atoms with Crippen LogP contribution in [0.25, 0.3) is 0 Å². The predicted octanol–water partition coefficient (Wildman–Crippen LogP) is 1.07. The Bertz CT molecular complexity index is 543. The van der Waals surface area contributed by atoms with Crippen LogP contribution >= 0.6 is 11.6 Å². The van der Waals surface area contributed by atoms with Gasteiger partial charge in [0.05, 0.1) is 25.0 Å². The van der Waals surface area contributed by atoms with Gasteiger partial charge in [0.25, 0.3) is 0 Å². The maximum Gasteiger partial charge on any atom is 0.241 e. The molecule has 1 aromatic carbocycles. The molecule has 2 rings (SSSR count). The van der Waals surface area contributed by atoms with E-state index in [4.69, 9.17) is 11.6 Å². The van der Waals surface area contributed by atoms with E-state index in [-0.39, 0.29) is 10.9 Å². The van der Waals surface area contributed by atoms with Gasteiger partial charge in [-0.05, 0) is 37.1 Å². The van der Waals surface area contributed by atoms with Gasteiger partial charge in [-0.1, -0.05) is 18.0 Å². The highest BCUT2D eigenvalue weighted by atomic mass is 35.5. The van der Waals surface area contributed by atoms with Crippen LogP contribution in [-0.2, 0) is 10.0 Å². The topological polar surface area (TPSA) is 50.6 Å². The molecule has 0 bridgehead atoms. The largest absolute Gasteiger partial charge is 0.336 e. The summed E-state index contributed by atoms with van der Waals surface area (Å²) in [5.74, 6) is 0. The van der Waals surface area contributed by atoms with Gasteiger partial charge in [-0.25, -0.2) is 13.1 Å². The Kier molecular flexibility index (Phi) is 5.07. The van der Waals surface area contributed by atoms with E-state index >= 15 is 0 Å². The van der Waals surface area contributed by atoms with Gasteiger partial charge in [-0.3, -0.25) is 0 Å². The van der Waals surface area contributed by atoms with Crippen LogP contribution in [0.2, 0.25) is 5.02 Å². The Morgan fingerprint density at radius 2 is 1.75 bits per heavy atom. The first kappa shape index (κ1) is 15.8. The second-order valence-corrected chi connectivity index (χ2v) is 7.80. The molecule has 1 aromatic rings. The lowest BCUT2D eigenvalue weighted by molar-refractivity contribution is -0.888. The fraction of sp³-hybridized carbons (Fsp3) is 0.571. The summed E-state index contributed by atoms with van der Waals surface area (Å²) in [6.07, 6.45) is 4.23. The summed E-state index contributed by atoms with van der Waals surface area (Å²) in [4.78, 5) is 1.58. The van der Waals surface area contributed by atoms with Gasteiger partial charge in [0.2, 0.25) is 10.0 Å². The fourth-order valence-electron chi connectivity index (χ4n) is 2.84. The monoisotopic (exact) mass is 317 g/mol. The van der Waals surface area contributed by atoms with E-state index in [1.54, 1.807) is 24.3 Å². The number of quaternary nitrogens is 1. The molecule has 0 aliphatic heterocycles. The Hall–Kier alpha value is -0.620. The van der Waals surface area contributed by atoms with Gasteiger partial charge in [0, 0.05) is 11.4 Å². The smallest absolute Gasteiger partial charge is 0.241 e. The number of nitrogens with one attached hydrogen (secondary N) is 2. The zero-order chi connectivity index (χ0) is 14.8. The molecule has 0 radical (unpaired) electrons. The second-order valence-electron chi connectivity index (χ2n) is 5.65. The van der Waals surface area contributed by atoms with Crippen molar-refractivity contribution in [2.45, 2.75) is 42.7 Å². The molecule has 0 spiro atoms. The minimum absolute atomic E-state index is 0.00873. The number of rotatable bonds is 4. The third-order valence-corrected chi connectivity index (χ3v) is 5.70. The lowest BCUT2D eigenvalue weighted by Crippen LogP contribution is -3.12. The van der Waals surface area contributed by atoms with Crippen molar-refractivity contribution in [3.8, 4) is 0 Å². The van der Waals surface area contributed by atoms with Gasteiger partial charge in [0.1, 0.15) is 6.04 Å². The molecule has 0 unspecified atom stereocenters. The summed E-state index contributed by atoms with van der Waals surface area (Å²) in [6, 6.07) is 6.65. The molecular formula is C14H22ClN2O2S+. The van der Waals surface area contributed by atoms with Crippen LogP contribution in [0, 0.1) is 0 Å². The summed E-state index contributed by atoms with van der Waals surface area (Å²) in [6.45, 7) is 0. The van der Waals surface area contributed by atoms with Crippen LogP contribution in [0.4, 0.5) is 0 Å². The third kappa shape index (κ3) is 3.73. The van der Waals surface area contributed by atoms with Crippen LogP contribution in [-0.4, -0.2) is 34.6 Å². The molecule has 1 fully saturated rings. The van der Waals surface area contributed by atoms with Crippen LogP contribution in [0.15, 0.2) is 29.2 Å². The van der Waals surface area contributed by atoms with Crippen molar-refractivity contribution < 1.29 is 13.3 Å². The molecule has 1 saturated carbocycles. The Labute approximate surface area is 126 Å². The number of hydrogen-bond acceptors (Lipinski definition) is 2. The highest BCUT2D eigenvalue weighted by Crippen LogP contribution is 2.20. The van der Waals surface area contributed by atoms with Gasteiger partial charge in [0.15, 0.2) is 0 Å². The average molecular weight is 318 g/mol. The van der Waals surface area contributed by atoms with E-state index in [0.29, 0.717) is 11.1 Å². The van der Waals surface area contributed by atoms with E-state index in [0.717, 1.165) is 19.3 Å². The average Bonchev–Trinajstić information content (AvgIpc) is 2.39.